The molecule has 0 aromatic carbocycles. The minimum Gasteiger partial charge on any atom is -0.311 e. The maximum atomic E-state index is 11.9. The van der Waals surface area contributed by atoms with Crippen molar-refractivity contribution >= 4 is 0 Å². The predicted octanol–water partition coefficient (Wildman–Crippen LogP) is 3.84. The molecule has 0 bridgehead atoms. The van der Waals surface area contributed by atoms with Crippen LogP contribution in [0.4, 0.5) is 8.78 Å². The van der Waals surface area contributed by atoms with Crippen LogP contribution < -0.4 is 5.32 Å². The van der Waals surface area contributed by atoms with Gasteiger partial charge in [0.15, 0.2) is 0 Å². The van der Waals surface area contributed by atoms with Crippen LogP contribution in [0, 0.1) is 11.8 Å². The first-order chi connectivity index (χ1) is 7.72. The van der Waals surface area contributed by atoms with E-state index >= 15 is 0 Å². The normalized spacial score (nSPS) is 26.2. The minimum atomic E-state index is -2.21. The van der Waals surface area contributed by atoms with Gasteiger partial charge in [-0.05, 0) is 31.2 Å². The van der Waals surface area contributed by atoms with Crippen molar-refractivity contribution in [2.45, 2.75) is 58.3 Å². The zero-order valence-corrected chi connectivity index (χ0v) is 10.4. The molecule has 1 nitrogen and oxygen atoms in total. The highest BCUT2D eigenvalue weighted by molar-refractivity contribution is 4.74. The summed E-state index contributed by atoms with van der Waals surface area (Å²) in [6.07, 6.45) is 6.86. The van der Waals surface area contributed by atoms with Crippen molar-refractivity contribution in [3.63, 3.8) is 0 Å². The second kappa shape index (κ2) is 7.99. The van der Waals surface area contributed by atoms with Crippen LogP contribution in [0.15, 0.2) is 0 Å². The molecule has 96 valence electrons. The third-order valence-corrected chi connectivity index (χ3v) is 3.66. The van der Waals surface area contributed by atoms with Crippen LogP contribution in [0.3, 0.4) is 0 Å². The molecule has 0 heterocycles. The molecular formula is C13H25F2N. The van der Waals surface area contributed by atoms with Gasteiger partial charge >= 0.3 is 0 Å². The fraction of sp³-hybridized carbons (Fsp3) is 1.00. The number of hydrogen-bond acceptors (Lipinski definition) is 1. The average molecular weight is 233 g/mol. The Hall–Kier alpha value is -0.180. The Morgan fingerprint density at radius 3 is 2.31 bits per heavy atom. The molecule has 0 aliphatic heterocycles. The van der Waals surface area contributed by atoms with E-state index in [1.54, 1.807) is 0 Å². The van der Waals surface area contributed by atoms with Crippen LogP contribution >= 0.6 is 0 Å². The summed E-state index contributed by atoms with van der Waals surface area (Å²) in [6.45, 7) is 2.88. The van der Waals surface area contributed by atoms with Crippen molar-refractivity contribution in [1.29, 1.82) is 0 Å². The van der Waals surface area contributed by atoms with Crippen LogP contribution in [0.5, 0.6) is 0 Å². The van der Waals surface area contributed by atoms with E-state index in [0.717, 1.165) is 12.5 Å². The Labute approximate surface area is 98.0 Å². The monoisotopic (exact) mass is 233 g/mol. The summed E-state index contributed by atoms with van der Waals surface area (Å²) >= 11 is 0. The van der Waals surface area contributed by atoms with E-state index in [-0.39, 0.29) is 6.54 Å². The Morgan fingerprint density at radius 2 is 1.75 bits per heavy atom. The van der Waals surface area contributed by atoms with E-state index < -0.39 is 6.43 Å². The van der Waals surface area contributed by atoms with E-state index in [1.165, 1.54) is 44.9 Å². The molecular weight excluding hydrogens is 208 g/mol. The van der Waals surface area contributed by atoms with E-state index in [2.05, 4.69) is 12.2 Å². The Bertz CT molecular complexity index is 165. The van der Waals surface area contributed by atoms with Gasteiger partial charge in [0.2, 0.25) is 0 Å². The van der Waals surface area contributed by atoms with Crippen molar-refractivity contribution in [3.05, 3.63) is 0 Å². The molecule has 0 unspecified atom stereocenters. The Kier molecular flexibility index (Phi) is 6.93. The van der Waals surface area contributed by atoms with E-state index in [4.69, 9.17) is 0 Å². The molecule has 1 aliphatic carbocycles. The van der Waals surface area contributed by atoms with E-state index in [9.17, 15) is 8.78 Å². The van der Waals surface area contributed by atoms with Crippen molar-refractivity contribution < 1.29 is 8.78 Å². The lowest BCUT2D eigenvalue weighted by Gasteiger charge is -2.28. The molecule has 1 saturated carbocycles. The number of alkyl halides is 2. The average Bonchev–Trinajstić information content (AvgIpc) is 2.27. The van der Waals surface area contributed by atoms with Gasteiger partial charge in [0.05, 0.1) is 6.54 Å². The standard InChI is InChI=1S/C13H25F2N/c1-2-3-4-11-5-7-12(8-6-11)9-16-10-13(14)15/h11-13,16H,2-10H2,1H3. The third kappa shape index (κ3) is 5.78. The van der Waals surface area contributed by atoms with Crippen LogP contribution in [0.25, 0.3) is 0 Å². The molecule has 0 amide bonds. The van der Waals surface area contributed by atoms with Crippen LogP contribution in [0.1, 0.15) is 51.9 Å². The molecule has 16 heavy (non-hydrogen) atoms. The van der Waals surface area contributed by atoms with Gasteiger partial charge in [0, 0.05) is 0 Å². The first-order valence-electron chi connectivity index (χ1n) is 6.71. The molecule has 1 fully saturated rings. The van der Waals surface area contributed by atoms with Gasteiger partial charge in [-0.25, -0.2) is 8.78 Å². The number of nitrogens with one attached hydrogen (secondary N) is 1. The summed E-state index contributed by atoms with van der Waals surface area (Å²) in [5.41, 5.74) is 0. The largest absolute Gasteiger partial charge is 0.311 e. The zero-order valence-electron chi connectivity index (χ0n) is 10.4. The lowest BCUT2D eigenvalue weighted by Crippen LogP contribution is -2.29. The number of rotatable bonds is 7. The van der Waals surface area contributed by atoms with Gasteiger partial charge in [-0.3, -0.25) is 0 Å². The second-order valence-corrected chi connectivity index (χ2v) is 5.08. The Morgan fingerprint density at radius 1 is 1.12 bits per heavy atom. The third-order valence-electron chi connectivity index (χ3n) is 3.66. The predicted molar refractivity (Wildman–Crippen MR) is 63.8 cm³/mol. The summed E-state index contributed by atoms with van der Waals surface area (Å²) in [7, 11) is 0. The highest BCUT2D eigenvalue weighted by Crippen LogP contribution is 2.31. The van der Waals surface area contributed by atoms with Crippen LogP contribution in [-0.2, 0) is 0 Å². The molecule has 0 saturated heterocycles. The molecule has 0 aromatic rings. The van der Waals surface area contributed by atoms with Crippen molar-refractivity contribution in [3.8, 4) is 0 Å². The van der Waals surface area contributed by atoms with Gasteiger partial charge in [0.1, 0.15) is 0 Å². The highest BCUT2D eigenvalue weighted by Gasteiger charge is 2.20. The SMILES string of the molecule is CCCCC1CCC(CNCC(F)F)CC1. The lowest BCUT2D eigenvalue weighted by atomic mass is 9.80. The molecule has 3 heteroatoms. The van der Waals surface area contributed by atoms with Crippen molar-refractivity contribution in [1.82, 2.24) is 5.32 Å². The number of hydrogen-bond donors (Lipinski definition) is 1. The minimum absolute atomic E-state index is 0.143. The first kappa shape index (κ1) is 13.9. The zero-order chi connectivity index (χ0) is 11.8. The number of halogens is 2. The van der Waals surface area contributed by atoms with Gasteiger partial charge in [-0.15, -0.1) is 0 Å². The fourth-order valence-electron chi connectivity index (χ4n) is 2.61. The summed E-state index contributed by atoms with van der Waals surface area (Å²) in [6, 6.07) is 0. The topological polar surface area (TPSA) is 12.0 Å². The maximum absolute atomic E-state index is 11.9. The highest BCUT2D eigenvalue weighted by atomic mass is 19.3. The maximum Gasteiger partial charge on any atom is 0.250 e. The van der Waals surface area contributed by atoms with Crippen molar-refractivity contribution in [2.24, 2.45) is 11.8 Å². The number of unbranched alkanes of at least 4 members (excludes halogenated alkanes) is 1. The van der Waals surface area contributed by atoms with Crippen LogP contribution in [0.2, 0.25) is 0 Å². The fourth-order valence-corrected chi connectivity index (χ4v) is 2.61. The van der Waals surface area contributed by atoms with Gasteiger partial charge in [-0.1, -0.05) is 39.0 Å². The summed E-state index contributed by atoms with van der Waals surface area (Å²) in [5.74, 6) is 1.54. The van der Waals surface area contributed by atoms with Gasteiger partial charge in [-0.2, -0.15) is 0 Å². The molecule has 1 rings (SSSR count). The molecule has 1 aliphatic rings. The summed E-state index contributed by atoms with van der Waals surface area (Å²) < 4.78 is 23.9. The van der Waals surface area contributed by atoms with Crippen molar-refractivity contribution in [2.75, 3.05) is 13.1 Å². The first-order valence-corrected chi connectivity index (χ1v) is 6.71. The molecule has 1 N–H and O–H groups in total. The molecule has 0 spiro atoms. The van der Waals surface area contributed by atoms with Gasteiger partial charge < -0.3 is 5.32 Å². The second-order valence-electron chi connectivity index (χ2n) is 5.08. The summed E-state index contributed by atoms with van der Waals surface area (Å²) in [5, 5.41) is 2.86. The van der Waals surface area contributed by atoms with E-state index in [1.807, 2.05) is 0 Å². The Balaban J connectivity index is 2.03. The molecule has 0 aromatic heterocycles. The smallest absolute Gasteiger partial charge is 0.250 e. The van der Waals surface area contributed by atoms with E-state index in [0.29, 0.717) is 5.92 Å². The van der Waals surface area contributed by atoms with Crippen LogP contribution in [-0.4, -0.2) is 19.5 Å². The quantitative estimate of drug-likeness (QED) is 0.704. The lowest BCUT2D eigenvalue weighted by molar-refractivity contribution is 0.141. The molecule has 0 atom stereocenters. The van der Waals surface area contributed by atoms with Gasteiger partial charge in [0.25, 0.3) is 6.43 Å². The summed E-state index contributed by atoms with van der Waals surface area (Å²) in [4.78, 5) is 0. The molecule has 0 radical (unpaired) electrons.